The van der Waals surface area contributed by atoms with Gasteiger partial charge in [-0.1, -0.05) is 25.0 Å². The minimum atomic E-state index is 0.839. The Morgan fingerprint density at radius 3 is 2.11 bits per heavy atom. The van der Waals surface area contributed by atoms with Gasteiger partial charge >= 0.3 is 0 Å². The van der Waals surface area contributed by atoms with Crippen molar-refractivity contribution in [2.24, 2.45) is 0 Å². The smallest absolute Gasteiger partial charge is 0.0367 e. The van der Waals surface area contributed by atoms with Crippen LogP contribution < -0.4 is 4.90 Å². The van der Waals surface area contributed by atoms with Gasteiger partial charge in [-0.2, -0.15) is 0 Å². The fourth-order valence-corrected chi connectivity index (χ4v) is 3.28. The molecule has 0 N–H and O–H groups in total. The topological polar surface area (TPSA) is 6.48 Å². The van der Waals surface area contributed by atoms with Crippen LogP contribution in [0.25, 0.3) is 0 Å². The van der Waals surface area contributed by atoms with Crippen LogP contribution in [0.3, 0.4) is 0 Å². The molecule has 0 amide bonds. The van der Waals surface area contributed by atoms with Crippen LogP contribution in [0, 0.1) is 0 Å². The standard InChI is InChI=1S/C16H24N2/c1-17-10-12-18(13-11-17)16-8-6-15(7-9-16)14-4-2-3-5-14/h6-9,14H,2-5,10-13H2,1H3. The van der Waals surface area contributed by atoms with Gasteiger partial charge in [0.2, 0.25) is 0 Å². The Bertz CT molecular complexity index is 371. The van der Waals surface area contributed by atoms with E-state index in [2.05, 4.69) is 41.1 Å². The third kappa shape index (κ3) is 2.54. The van der Waals surface area contributed by atoms with Crippen LogP contribution in [-0.2, 0) is 0 Å². The van der Waals surface area contributed by atoms with E-state index in [9.17, 15) is 0 Å². The second kappa shape index (κ2) is 5.31. The maximum atomic E-state index is 2.51. The van der Waals surface area contributed by atoms with Crippen molar-refractivity contribution in [3.05, 3.63) is 29.8 Å². The monoisotopic (exact) mass is 244 g/mol. The number of rotatable bonds is 2. The van der Waals surface area contributed by atoms with Gasteiger partial charge in [0.25, 0.3) is 0 Å². The van der Waals surface area contributed by atoms with Crippen LogP contribution in [0.2, 0.25) is 0 Å². The van der Waals surface area contributed by atoms with Gasteiger partial charge in [0.05, 0.1) is 0 Å². The Morgan fingerprint density at radius 2 is 1.50 bits per heavy atom. The lowest BCUT2D eigenvalue weighted by atomic mass is 9.97. The fourth-order valence-electron chi connectivity index (χ4n) is 3.28. The van der Waals surface area contributed by atoms with Crippen LogP contribution in [0.5, 0.6) is 0 Å². The van der Waals surface area contributed by atoms with Crippen LogP contribution in [0.15, 0.2) is 24.3 Å². The number of hydrogen-bond acceptors (Lipinski definition) is 2. The molecule has 98 valence electrons. The summed E-state index contributed by atoms with van der Waals surface area (Å²) in [6, 6.07) is 9.39. The van der Waals surface area contributed by atoms with Crippen molar-refractivity contribution >= 4 is 5.69 Å². The summed E-state index contributed by atoms with van der Waals surface area (Å²) in [5.74, 6) is 0.839. The molecule has 1 aromatic rings. The quantitative estimate of drug-likeness (QED) is 0.789. The summed E-state index contributed by atoms with van der Waals surface area (Å²) in [7, 11) is 2.21. The van der Waals surface area contributed by atoms with Gasteiger partial charge < -0.3 is 9.80 Å². The highest BCUT2D eigenvalue weighted by molar-refractivity contribution is 5.48. The van der Waals surface area contributed by atoms with Gasteiger partial charge in [-0.3, -0.25) is 0 Å². The molecule has 0 bridgehead atoms. The number of hydrogen-bond donors (Lipinski definition) is 0. The Balaban J connectivity index is 1.67. The van der Waals surface area contributed by atoms with E-state index in [0.717, 1.165) is 5.92 Å². The van der Waals surface area contributed by atoms with Crippen molar-refractivity contribution < 1.29 is 0 Å². The second-order valence-electron chi connectivity index (χ2n) is 5.86. The molecule has 0 spiro atoms. The average Bonchev–Trinajstić information content (AvgIpc) is 2.94. The summed E-state index contributed by atoms with van der Waals surface area (Å²) in [6.07, 6.45) is 5.64. The van der Waals surface area contributed by atoms with Crippen molar-refractivity contribution in [3.63, 3.8) is 0 Å². The molecular weight excluding hydrogens is 220 g/mol. The van der Waals surface area contributed by atoms with Gasteiger partial charge in [-0.25, -0.2) is 0 Å². The zero-order chi connectivity index (χ0) is 12.4. The van der Waals surface area contributed by atoms with Gasteiger partial charge in [0.1, 0.15) is 0 Å². The Morgan fingerprint density at radius 1 is 0.889 bits per heavy atom. The zero-order valence-corrected chi connectivity index (χ0v) is 11.4. The normalized spacial score (nSPS) is 22.6. The van der Waals surface area contributed by atoms with E-state index < -0.39 is 0 Å². The summed E-state index contributed by atoms with van der Waals surface area (Å²) >= 11 is 0. The molecule has 3 rings (SSSR count). The molecule has 2 aliphatic rings. The first-order valence-electron chi connectivity index (χ1n) is 7.36. The molecule has 18 heavy (non-hydrogen) atoms. The highest BCUT2D eigenvalue weighted by atomic mass is 15.2. The highest BCUT2D eigenvalue weighted by Crippen LogP contribution is 2.34. The summed E-state index contributed by atoms with van der Waals surface area (Å²) in [5, 5.41) is 0. The number of nitrogens with zero attached hydrogens (tertiary/aromatic N) is 2. The lowest BCUT2D eigenvalue weighted by molar-refractivity contribution is 0.313. The molecule has 1 aromatic carbocycles. The minimum absolute atomic E-state index is 0.839. The van der Waals surface area contributed by atoms with E-state index in [-0.39, 0.29) is 0 Å². The number of benzene rings is 1. The molecule has 2 fully saturated rings. The van der Waals surface area contributed by atoms with Gasteiger partial charge in [-0.05, 0) is 43.5 Å². The van der Waals surface area contributed by atoms with Crippen LogP contribution in [-0.4, -0.2) is 38.1 Å². The molecule has 2 nitrogen and oxygen atoms in total. The molecule has 1 aliphatic heterocycles. The van der Waals surface area contributed by atoms with E-state index in [0.29, 0.717) is 0 Å². The highest BCUT2D eigenvalue weighted by Gasteiger charge is 2.18. The van der Waals surface area contributed by atoms with Crippen molar-refractivity contribution in [3.8, 4) is 0 Å². The van der Waals surface area contributed by atoms with E-state index in [1.807, 2.05) is 0 Å². The third-order valence-corrected chi connectivity index (χ3v) is 4.59. The number of anilines is 1. The average molecular weight is 244 g/mol. The zero-order valence-electron chi connectivity index (χ0n) is 11.4. The Labute approximate surface area is 111 Å². The summed E-state index contributed by atoms with van der Waals surface area (Å²) in [6.45, 7) is 4.70. The number of likely N-dealkylation sites (N-methyl/N-ethyl adjacent to an activating group) is 1. The molecule has 0 unspecified atom stereocenters. The lowest BCUT2D eigenvalue weighted by Gasteiger charge is -2.34. The van der Waals surface area contributed by atoms with Crippen molar-refractivity contribution in [1.82, 2.24) is 4.90 Å². The van der Waals surface area contributed by atoms with Gasteiger partial charge in [0, 0.05) is 31.9 Å². The Hall–Kier alpha value is -1.02. The van der Waals surface area contributed by atoms with Gasteiger partial charge in [0.15, 0.2) is 0 Å². The molecule has 2 heteroatoms. The maximum Gasteiger partial charge on any atom is 0.0367 e. The Kier molecular flexibility index (Phi) is 3.55. The molecule has 0 radical (unpaired) electrons. The molecule has 1 heterocycles. The predicted octanol–water partition coefficient (Wildman–Crippen LogP) is 3.10. The van der Waals surface area contributed by atoms with Gasteiger partial charge in [-0.15, -0.1) is 0 Å². The molecule has 0 atom stereocenters. The first-order valence-corrected chi connectivity index (χ1v) is 7.36. The SMILES string of the molecule is CN1CCN(c2ccc(C3CCCC3)cc2)CC1. The van der Waals surface area contributed by atoms with Crippen LogP contribution >= 0.6 is 0 Å². The van der Waals surface area contributed by atoms with E-state index in [1.165, 1.54) is 57.5 Å². The molecular formula is C16H24N2. The fraction of sp³-hybridized carbons (Fsp3) is 0.625. The molecule has 1 saturated carbocycles. The predicted molar refractivity (Wildman–Crippen MR) is 77.4 cm³/mol. The molecule has 1 aliphatic carbocycles. The third-order valence-electron chi connectivity index (χ3n) is 4.59. The van der Waals surface area contributed by atoms with Crippen molar-refractivity contribution in [1.29, 1.82) is 0 Å². The van der Waals surface area contributed by atoms with Crippen molar-refractivity contribution in [2.45, 2.75) is 31.6 Å². The summed E-state index contributed by atoms with van der Waals surface area (Å²) < 4.78 is 0. The minimum Gasteiger partial charge on any atom is -0.369 e. The van der Waals surface area contributed by atoms with E-state index >= 15 is 0 Å². The van der Waals surface area contributed by atoms with E-state index in [4.69, 9.17) is 0 Å². The maximum absolute atomic E-state index is 2.51. The summed E-state index contributed by atoms with van der Waals surface area (Å²) in [4.78, 5) is 4.92. The van der Waals surface area contributed by atoms with Crippen LogP contribution in [0.1, 0.15) is 37.2 Å². The second-order valence-corrected chi connectivity index (χ2v) is 5.86. The summed E-state index contributed by atoms with van der Waals surface area (Å²) in [5.41, 5.74) is 2.97. The number of piperazine rings is 1. The van der Waals surface area contributed by atoms with Crippen molar-refractivity contribution in [2.75, 3.05) is 38.1 Å². The first kappa shape index (κ1) is 12.0. The van der Waals surface area contributed by atoms with E-state index in [1.54, 1.807) is 5.56 Å². The largest absolute Gasteiger partial charge is 0.369 e. The molecule has 0 aromatic heterocycles. The molecule has 1 saturated heterocycles. The van der Waals surface area contributed by atoms with Crippen LogP contribution in [0.4, 0.5) is 5.69 Å². The first-order chi connectivity index (χ1) is 8.83. The lowest BCUT2D eigenvalue weighted by Crippen LogP contribution is -2.44.